The summed E-state index contributed by atoms with van der Waals surface area (Å²) in [5, 5.41) is 18.5. The van der Waals surface area contributed by atoms with E-state index >= 15 is 0 Å². The molecule has 0 radical (unpaired) electrons. The number of aliphatic hydroxyl groups excluding tert-OH is 1. The van der Waals surface area contributed by atoms with Crippen molar-refractivity contribution in [2.45, 2.75) is 42.2 Å². The van der Waals surface area contributed by atoms with E-state index in [0.717, 1.165) is 29.7 Å². The van der Waals surface area contributed by atoms with Crippen molar-refractivity contribution in [3.63, 3.8) is 0 Å². The van der Waals surface area contributed by atoms with E-state index in [1.807, 2.05) is 0 Å². The van der Waals surface area contributed by atoms with Crippen LogP contribution in [0.4, 0.5) is 26.3 Å². The molecule has 0 saturated carbocycles. The van der Waals surface area contributed by atoms with Crippen molar-refractivity contribution in [1.29, 1.82) is 0 Å². The second kappa shape index (κ2) is 9.64. The van der Waals surface area contributed by atoms with Crippen LogP contribution >= 0.6 is 0 Å². The highest BCUT2D eigenvalue weighted by molar-refractivity contribution is 7.89. The fourth-order valence-electron chi connectivity index (χ4n) is 3.60. The van der Waals surface area contributed by atoms with E-state index in [0.29, 0.717) is 18.2 Å². The molecular weight excluding hydrogens is 510 g/mol. The highest BCUT2D eigenvalue weighted by atomic mass is 32.2. The van der Waals surface area contributed by atoms with Crippen molar-refractivity contribution in [3.05, 3.63) is 59.4 Å². The van der Waals surface area contributed by atoms with Gasteiger partial charge in [0.05, 0.1) is 16.6 Å². The molecule has 1 saturated heterocycles. The molecule has 3 N–H and O–H groups in total. The number of hydroxylamine groups is 1. The van der Waals surface area contributed by atoms with Crippen LogP contribution in [-0.4, -0.2) is 53.6 Å². The highest BCUT2D eigenvalue weighted by Gasteiger charge is 2.56. The molecule has 2 atom stereocenters. The van der Waals surface area contributed by atoms with Crippen LogP contribution in [0.15, 0.2) is 47.4 Å². The van der Waals surface area contributed by atoms with Gasteiger partial charge in [0.15, 0.2) is 6.04 Å². The topological polar surface area (TPSA) is 116 Å². The third-order valence-electron chi connectivity index (χ3n) is 5.14. The van der Waals surface area contributed by atoms with Crippen molar-refractivity contribution < 1.29 is 54.6 Å². The van der Waals surface area contributed by atoms with Crippen molar-refractivity contribution in [1.82, 2.24) is 9.79 Å². The fraction of sp³-hybridized carbons (Fsp3) is 0.350. The monoisotopic (exact) mass is 528 g/mol. The van der Waals surface area contributed by atoms with E-state index in [9.17, 15) is 44.7 Å². The Labute approximate surface area is 194 Å². The SMILES string of the molecule is O=C(NO)C1N(S(=O)(=O)c2ccc(OCc3cc(F)ccc3C(F)(F)F)cc2)CC(O)CC1(F)F. The molecule has 35 heavy (non-hydrogen) atoms. The number of piperidine rings is 1. The van der Waals surface area contributed by atoms with Crippen LogP contribution < -0.4 is 10.2 Å². The van der Waals surface area contributed by atoms with Crippen LogP contribution in [0, 0.1) is 5.82 Å². The number of halogens is 6. The molecule has 0 aliphatic carbocycles. The maximum atomic E-state index is 14.4. The quantitative estimate of drug-likeness (QED) is 0.302. The maximum Gasteiger partial charge on any atom is 0.416 e. The molecule has 8 nitrogen and oxygen atoms in total. The molecular formula is C20H18F6N2O6S. The minimum Gasteiger partial charge on any atom is -0.489 e. The Hall–Kier alpha value is -2.88. The molecule has 1 heterocycles. The van der Waals surface area contributed by atoms with Gasteiger partial charge in [-0.1, -0.05) is 0 Å². The van der Waals surface area contributed by atoms with E-state index < -0.39 is 81.6 Å². The van der Waals surface area contributed by atoms with Gasteiger partial charge in [-0.25, -0.2) is 27.1 Å². The molecule has 192 valence electrons. The summed E-state index contributed by atoms with van der Waals surface area (Å²) in [5.41, 5.74) is -0.660. The predicted octanol–water partition coefficient (Wildman–Crippen LogP) is 2.69. The molecule has 2 unspecified atom stereocenters. The number of hydrogen-bond donors (Lipinski definition) is 3. The minimum absolute atomic E-state index is 0.0466. The lowest BCUT2D eigenvalue weighted by atomic mass is 9.97. The van der Waals surface area contributed by atoms with Gasteiger partial charge < -0.3 is 9.84 Å². The first kappa shape index (κ1) is 26.7. The zero-order valence-corrected chi connectivity index (χ0v) is 18.3. The number of alkyl halides is 5. The van der Waals surface area contributed by atoms with E-state index in [-0.39, 0.29) is 10.1 Å². The first-order valence-electron chi connectivity index (χ1n) is 9.77. The number of benzene rings is 2. The fourth-order valence-corrected chi connectivity index (χ4v) is 5.24. The number of rotatable bonds is 6. The molecule has 1 amide bonds. The van der Waals surface area contributed by atoms with Crippen molar-refractivity contribution in [3.8, 4) is 5.75 Å². The lowest BCUT2D eigenvalue weighted by Gasteiger charge is -2.40. The number of carbonyl (C=O) groups excluding carboxylic acids is 1. The summed E-state index contributed by atoms with van der Waals surface area (Å²) in [6.07, 6.45) is -7.80. The lowest BCUT2D eigenvalue weighted by Crippen LogP contribution is -2.64. The van der Waals surface area contributed by atoms with Crippen LogP contribution in [0.5, 0.6) is 5.75 Å². The molecule has 15 heteroatoms. The average molecular weight is 528 g/mol. The molecule has 1 aliphatic rings. The molecule has 0 bridgehead atoms. The number of ether oxygens (including phenoxy) is 1. The number of β-amino-alcohol motifs (C(OH)–C–C–N with tert-alkyl or cyclic N) is 1. The Morgan fingerprint density at radius 2 is 1.80 bits per heavy atom. The van der Waals surface area contributed by atoms with Crippen molar-refractivity contribution in [2.75, 3.05) is 6.54 Å². The molecule has 1 aliphatic heterocycles. The average Bonchev–Trinajstić information content (AvgIpc) is 2.75. The van der Waals surface area contributed by atoms with Crippen LogP contribution in [0.2, 0.25) is 0 Å². The summed E-state index contributed by atoms with van der Waals surface area (Å²) in [6, 6.07) is 2.96. The van der Waals surface area contributed by atoms with Gasteiger partial charge in [-0.15, -0.1) is 0 Å². The van der Waals surface area contributed by atoms with Crippen LogP contribution in [0.3, 0.4) is 0 Å². The Bertz CT molecular complexity index is 1190. The zero-order valence-electron chi connectivity index (χ0n) is 17.5. The van der Waals surface area contributed by atoms with Gasteiger partial charge >= 0.3 is 6.18 Å². The molecule has 3 rings (SSSR count). The van der Waals surface area contributed by atoms with Crippen molar-refractivity contribution in [2.24, 2.45) is 0 Å². The second-order valence-electron chi connectivity index (χ2n) is 7.63. The summed E-state index contributed by atoms with van der Waals surface area (Å²) < 4.78 is 113. The smallest absolute Gasteiger partial charge is 0.416 e. The van der Waals surface area contributed by atoms with Gasteiger partial charge in [0.25, 0.3) is 11.8 Å². The summed E-state index contributed by atoms with van der Waals surface area (Å²) >= 11 is 0. The van der Waals surface area contributed by atoms with E-state index in [1.165, 1.54) is 0 Å². The second-order valence-corrected chi connectivity index (χ2v) is 9.52. The first-order valence-corrected chi connectivity index (χ1v) is 11.2. The maximum absolute atomic E-state index is 14.4. The molecule has 0 spiro atoms. The highest BCUT2D eigenvalue weighted by Crippen LogP contribution is 2.37. The largest absolute Gasteiger partial charge is 0.489 e. The van der Waals surface area contributed by atoms with Gasteiger partial charge in [0.1, 0.15) is 18.2 Å². The van der Waals surface area contributed by atoms with Gasteiger partial charge in [-0.3, -0.25) is 10.0 Å². The molecule has 1 fully saturated rings. The zero-order chi connectivity index (χ0) is 26.2. The Kier molecular flexibility index (Phi) is 7.36. The number of hydrogen-bond acceptors (Lipinski definition) is 6. The number of aliphatic hydroxyl groups is 1. The van der Waals surface area contributed by atoms with Crippen LogP contribution in [-0.2, 0) is 27.6 Å². The molecule has 0 aromatic heterocycles. The first-order chi connectivity index (χ1) is 16.2. The number of carbonyl (C=O) groups is 1. The van der Waals surface area contributed by atoms with Crippen LogP contribution in [0.25, 0.3) is 0 Å². The number of nitrogens with one attached hydrogen (secondary N) is 1. The summed E-state index contributed by atoms with van der Waals surface area (Å²) in [4.78, 5) is 11.2. The van der Waals surface area contributed by atoms with Crippen LogP contribution in [0.1, 0.15) is 17.5 Å². The van der Waals surface area contributed by atoms with Gasteiger partial charge in [0.2, 0.25) is 10.0 Å². The van der Waals surface area contributed by atoms with E-state index in [1.54, 1.807) is 0 Å². The van der Waals surface area contributed by atoms with Gasteiger partial charge in [-0.05, 0) is 42.5 Å². The minimum atomic E-state index is -4.82. The number of amides is 1. The predicted molar refractivity (Wildman–Crippen MR) is 105 cm³/mol. The Morgan fingerprint density at radius 3 is 2.37 bits per heavy atom. The molecule has 2 aromatic rings. The Balaban J connectivity index is 1.84. The summed E-state index contributed by atoms with van der Waals surface area (Å²) in [5.74, 6) is -6.78. The third kappa shape index (κ3) is 5.69. The summed E-state index contributed by atoms with van der Waals surface area (Å²) in [6.45, 7) is -1.59. The van der Waals surface area contributed by atoms with E-state index in [2.05, 4.69) is 0 Å². The number of nitrogens with zero attached hydrogens (tertiary/aromatic N) is 1. The lowest BCUT2D eigenvalue weighted by molar-refractivity contribution is -0.161. The van der Waals surface area contributed by atoms with Gasteiger partial charge in [-0.2, -0.15) is 17.5 Å². The van der Waals surface area contributed by atoms with E-state index in [4.69, 9.17) is 9.94 Å². The third-order valence-corrected chi connectivity index (χ3v) is 6.99. The van der Waals surface area contributed by atoms with Crippen molar-refractivity contribution >= 4 is 15.9 Å². The number of sulfonamides is 1. The normalized spacial score (nSPS) is 20.9. The Morgan fingerprint density at radius 1 is 1.17 bits per heavy atom. The summed E-state index contributed by atoms with van der Waals surface area (Å²) in [7, 11) is -4.82. The molecule has 2 aromatic carbocycles. The standard InChI is InChI=1S/C20H18F6N2O6S/c21-12-1-6-16(20(24,25)26)11(7-12)10-34-14-2-4-15(5-3-14)35(32,33)28-9-13(29)8-19(22,23)17(28)18(30)27-31/h1-7,13,17,29,31H,8-10H2,(H,27,30). The van der Waals surface area contributed by atoms with Gasteiger partial charge in [0, 0.05) is 18.5 Å².